The van der Waals surface area contributed by atoms with E-state index in [0.717, 1.165) is 44.7 Å². The molecule has 134 valence electrons. The molecular weight excluding hydrogens is 302 g/mol. The predicted octanol–water partition coefficient (Wildman–Crippen LogP) is 3.14. The molecule has 3 rings (SSSR count). The highest BCUT2D eigenvalue weighted by Crippen LogP contribution is 2.41. The second-order valence-electron chi connectivity index (χ2n) is 8.35. The Morgan fingerprint density at radius 3 is 2.67 bits per heavy atom. The van der Waals surface area contributed by atoms with Crippen LogP contribution in [-0.2, 0) is 17.7 Å². The van der Waals surface area contributed by atoms with E-state index in [-0.39, 0.29) is 17.4 Å². The van der Waals surface area contributed by atoms with E-state index < -0.39 is 0 Å². The minimum atomic E-state index is -0.109. The fourth-order valence-electron chi connectivity index (χ4n) is 4.26. The lowest BCUT2D eigenvalue weighted by Gasteiger charge is -2.35. The molecule has 2 aliphatic rings. The minimum Gasteiger partial charge on any atom is -0.396 e. The topological polar surface area (TPSA) is 60.2 Å². The molecule has 2 heterocycles. The summed E-state index contributed by atoms with van der Waals surface area (Å²) in [6.45, 7) is 9.31. The first-order valence-corrected chi connectivity index (χ1v) is 9.21. The molecule has 0 spiro atoms. The van der Waals surface area contributed by atoms with Gasteiger partial charge in [-0.25, -0.2) is 0 Å². The maximum absolute atomic E-state index is 9.85. The first-order valence-electron chi connectivity index (χ1n) is 9.21. The van der Waals surface area contributed by atoms with E-state index in [1.54, 1.807) is 0 Å². The summed E-state index contributed by atoms with van der Waals surface area (Å²) in [5, 5.41) is 18.6. The van der Waals surface area contributed by atoms with Crippen LogP contribution in [0.25, 0.3) is 0 Å². The van der Waals surface area contributed by atoms with Crippen molar-refractivity contribution in [2.24, 2.45) is 10.8 Å². The van der Waals surface area contributed by atoms with Crippen LogP contribution >= 0.6 is 0 Å². The second-order valence-corrected chi connectivity index (χ2v) is 8.35. The van der Waals surface area contributed by atoms with Gasteiger partial charge in [0.05, 0.1) is 18.8 Å². The maximum Gasteiger partial charge on any atom is 0.0867 e. The Kier molecular flexibility index (Phi) is 5.11. The van der Waals surface area contributed by atoms with Gasteiger partial charge in [-0.05, 0) is 44.4 Å². The van der Waals surface area contributed by atoms with Crippen LogP contribution < -0.4 is 0 Å². The molecule has 0 radical (unpaired) electrons. The molecular formula is C19H31N3O2. The van der Waals surface area contributed by atoms with Crippen molar-refractivity contribution in [2.45, 2.75) is 65.8 Å². The first-order chi connectivity index (χ1) is 11.4. The van der Waals surface area contributed by atoms with Crippen molar-refractivity contribution < 1.29 is 9.84 Å². The molecule has 1 aromatic rings. The first kappa shape index (κ1) is 17.6. The monoisotopic (exact) mass is 333 g/mol. The summed E-state index contributed by atoms with van der Waals surface area (Å²) < 4.78 is 7.36. The summed E-state index contributed by atoms with van der Waals surface area (Å²) in [6, 6.07) is 0. The number of allylic oxidation sites excluding steroid dienone is 2. The molecule has 0 saturated carbocycles. The van der Waals surface area contributed by atoms with Crippen LogP contribution in [0.4, 0.5) is 0 Å². The molecule has 1 aromatic heterocycles. The van der Waals surface area contributed by atoms with E-state index in [2.05, 4.69) is 37.3 Å². The quantitative estimate of drug-likeness (QED) is 0.841. The van der Waals surface area contributed by atoms with Gasteiger partial charge in [0.1, 0.15) is 0 Å². The van der Waals surface area contributed by atoms with Gasteiger partial charge in [-0.15, -0.1) is 5.10 Å². The molecule has 0 aromatic carbocycles. The molecule has 0 unspecified atom stereocenters. The summed E-state index contributed by atoms with van der Waals surface area (Å²) in [5.41, 5.74) is 4.25. The number of ether oxygens (including phenoxy) is 1. The highest BCUT2D eigenvalue weighted by Gasteiger charge is 2.33. The van der Waals surface area contributed by atoms with Crippen LogP contribution in [0.15, 0.2) is 17.3 Å². The van der Waals surface area contributed by atoms with Gasteiger partial charge >= 0.3 is 0 Å². The number of hydrogen-bond donors (Lipinski definition) is 1. The molecule has 1 N–H and O–H groups in total. The van der Waals surface area contributed by atoms with Gasteiger partial charge in [-0.3, -0.25) is 4.68 Å². The number of nitrogens with zero attached hydrogens (tertiary/aromatic N) is 3. The fourth-order valence-corrected chi connectivity index (χ4v) is 4.26. The normalized spacial score (nSPS) is 23.5. The summed E-state index contributed by atoms with van der Waals surface area (Å²) in [4.78, 5) is 0. The third-order valence-corrected chi connectivity index (χ3v) is 6.02. The molecule has 0 amide bonds. The van der Waals surface area contributed by atoms with Gasteiger partial charge in [-0.1, -0.05) is 30.2 Å². The smallest absolute Gasteiger partial charge is 0.0867 e. The van der Waals surface area contributed by atoms with Crippen LogP contribution in [0.3, 0.4) is 0 Å². The Morgan fingerprint density at radius 1 is 1.25 bits per heavy atom. The van der Waals surface area contributed by atoms with Crippen LogP contribution in [0, 0.1) is 10.8 Å². The van der Waals surface area contributed by atoms with Gasteiger partial charge in [0.15, 0.2) is 0 Å². The Balaban J connectivity index is 1.71. The molecule has 24 heavy (non-hydrogen) atoms. The molecule has 5 heteroatoms. The predicted molar refractivity (Wildman–Crippen MR) is 93.6 cm³/mol. The number of aromatic nitrogens is 3. The van der Waals surface area contributed by atoms with E-state index in [1.807, 2.05) is 4.68 Å². The third-order valence-electron chi connectivity index (χ3n) is 6.02. The van der Waals surface area contributed by atoms with Crippen molar-refractivity contribution in [3.05, 3.63) is 23.0 Å². The molecule has 5 nitrogen and oxygen atoms in total. The summed E-state index contributed by atoms with van der Waals surface area (Å²) in [5.74, 6) is 0. The van der Waals surface area contributed by atoms with Gasteiger partial charge < -0.3 is 9.84 Å². The molecule has 1 saturated heterocycles. The lowest BCUT2D eigenvalue weighted by Crippen LogP contribution is -2.37. The summed E-state index contributed by atoms with van der Waals surface area (Å²) in [7, 11) is 0. The number of aliphatic hydroxyl groups is 1. The Bertz CT molecular complexity index is 598. The minimum absolute atomic E-state index is 0.109. The average molecular weight is 333 g/mol. The molecule has 1 aliphatic heterocycles. The Hall–Kier alpha value is -1.20. The van der Waals surface area contributed by atoms with E-state index >= 15 is 0 Å². The number of hydrogen-bond acceptors (Lipinski definition) is 4. The van der Waals surface area contributed by atoms with E-state index in [9.17, 15) is 5.11 Å². The molecule has 0 bridgehead atoms. The summed E-state index contributed by atoms with van der Waals surface area (Å²) >= 11 is 0. The van der Waals surface area contributed by atoms with Crippen molar-refractivity contribution in [3.63, 3.8) is 0 Å². The van der Waals surface area contributed by atoms with Crippen molar-refractivity contribution in [1.82, 2.24) is 15.0 Å². The fraction of sp³-hybridized carbons (Fsp3) is 0.789. The largest absolute Gasteiger partial charge is 0.396 e. The standard InChI is InChI=1S/C19H31N3O2/c1-15-5-4-6-18(2,3)17(15)11-16-12-22(21-20-16)13-19(14-23)7-9-24-10-8-19/h12,23H,4-11,13-14H2,1-3H3. The maximum atomic E-state index is 9.85. The van der Waals surface area contributed by atoms with Crippen molar-refractivity contribution >= 4 is 0 Å². The van der Waals surface area contributed by atoms with Gasteiger partial charge in [0, 0.05) is 31.2 Å². The lowest BCUT2D eigenvalue weighted by molar-refractivity contribution is -0.0272. The zero-order valence-corrected chi connectivity index (χ0v) is 15.3. The van der Waals surface area contributed by atoms with E-state index in [0.29, 0.717) is 0 Å². The van der Waals surface area contributed by atoms with Crippen molar-refractivity contribution in [1.29, 1.82) is 0 Å². The average Bonchev–Trinajstić information content (AvgIpc) is 2.99. The van der Waals surface area contributed by atoms with Crippen molar-refractivity contribution in [2.75, 3.05) is 19.8 Å². The number of aliphatic hydroxyl groups excluding tert-OH is 1. The SMILES string of the molecule is CC1=C(Cc2cn(CC3(CO)CCOCC3)nn2)C(C)(C)CCC1. The van der Waals surface area contributed by atoms with E-state index in [1.165, 1.54) is 30.4 Å². The lowest BCUT2D eigenvalue weighted by atomic mass is 9.71. The van der Waals surface area contributed by atoms with Crippen LogP contribution in [0.5, 0.6) is 0 Å². The van der Waals surface area contributed by atoms with Crippen LogP contribution in [0.1, 0.15) is 58.6 Å². The molecule has 1 aliphatic carbocycles. The highest BCUT2D eigenvalue weighted by atomic mass is 16.5. The number of rotatable bonds is 5. The molecule has 0 atom stereocenters. The molecule has 1 fully saturated rings. The second kappa shape index (κ2) is 6.96. The van der Waals surface area contributed by atoms with Gasteiger partial charge in [-0.2, -0.15) is 0 Å². The zero-order valence-electron chi connectivity index (χ0n) is 15.3. The van der Waals surface area contributed by atoms with Crippen LogP contribution in [0.2, 0.25) is 0 Å². The third kappa shape index (κ3) is 3.72. The van der Waals surface area contributed by atoms with Crippen molar-refractivity contribution in [3.8, 4) is 0 Å². The van der Waals surface area contributed by atoms with Crippen LogP contribution in [-0.4, -0.2) is 39.9 Å². The van der Waals surface area contributed by atoms with E-state index in [4.69, 9.17) is 4.74 Å². The zero-order chi connectivity index (χ0) is 17.2. The van der Waals surface area contributed by atoms with Gasteiger partial charge in [0.2, 0.25) is 0 Å². The van der Waals surface area contributed by atoms with Gasteiger partial charge in [0.25, 0.3) is 0 Å². The summed E-state index contributed by atoms with van der Waals surface area (Å²) in [6.07, 6.45) is 8.48. The Labute approximate surface area is 145 Å². The Morgan fingerprint density at radius 2 is 2.00 bits per heavy atom. The highest BCUT2D eigenvalue weighted by molar-refractivity contribution is 5.26.